The van der Waals surface area contributed by atoms with Gasteiger partial charge in [0.2, 0.25) is 5.91 Å². The molecule has 2 amide bonds. The van der Waals surface area contributed by atoms with E-state index in [9.17, 15) is 9.59 Å². The number of hydroxylamine groups is 1. The van der Waals surface area contributed by atoms with Crippen LogP contribution in [0.1, 0.15) is 53.1 Å². The van der Waals surface area contributed by atoms with Gasteiger partial charge in [-0.3, -0.25) is 14.8 Å². The zero-order chi connectivity index (χ0) is 21.6. The first-order valence-corrected chi connectivity index (χ1v) is 11.2. The molecule has 4 rings (SSSR count). The Labute approximate surface area is 183 Å². The summed E-state index contributed by atoms with van der Waals surface area (Å²) in [5, 5.41) is 12.3. The van der Waals surface area contributed by atoms with E-state index in [2.05, 4.69) is 35.6 Å². The van der Waals surface area contributed by atoms with Gasteiger partial charge < -0.3 is 10.2 Å². The van der Waals surface area contributed by atoms with Crippen LogP contribution in [0.3, 0.4) is 0 Å². The molecule has 3 N–H and O–H groups in total. The Morgan fingerprint density at radius 1 is 1.10 bits per heavy atom. The summed E-state index contributed by atoms with van der Waals surface area (Å²) in [6, 6.07) is 18.4. The SMILES string of the molecule is O=C(NO)c1ccc(CCCN2CCC(CNC3CC3c3ccccc3)CC2=O)cc1. The van der Waals surface area contributed by atoms with Crippen molar-refractivity contribution >= 4 is 11.8 Å². The Bertz CT molecular complexity index is 885. The average Bonchev–Trinajstić information content (AvgIpc) is 3.59. The van der Waals surface area contributed by atoms with Crippen LogP contribution in [0.5, 0.6) is 0 Å². The van der Waals surface area contributed by atoms with Crippen LogP contribution >= 0.6 is 0 Å². The van der Waals surface area contributed by atoms with Gasteiger partial charge in [0.25, 0.3) is 5.91 Å². The largest absolute Gasteiger partial charge is 0.343 e. The van der Waals surface area contributed by atoms with Crippen molar-refractivity contribution in [3.05, 3.63) is 71.3 Å². The fourth-order valence-corrected chi connectivity index (χ4v) is 4.52. The molecule has 0 radical (unpaired) electrons. The molecule has 164 valence electrons. The lowest BCUT2D eigenvalue weighted by Gasteiger charge is -2.32. The zero-order valence-electron chi connectivity index (χ0n) is 17.8. The lowest BCUT2D eigenvalue weighted by atomic mass is 9.95. The fraction of sp³-hybridized carbons (Fsp3) is 0.440. The topological polar surface area (TPSA) is 81.7 Å². The zero-order valence-corrected chi connectivity index (χ0v) is 17.8. The van der Waals surface area contributed by atoms with Crippen molar-refractivity contribution in [1.82, 2.24) is 15.7 Å². The third-order valence-corrected chi connectivity index (χ3v) is 6.52. The van der Waals surface area contributed by atoms with Crippen molar-refractivity contribution in [3.8, 4) is 0 Å². The van der Waals surface area contributed by atoms with Crippen LogP contribution in [-0.4, -0.2) is 47.6 Å². The Morgan fingerprint density at radius 3 is 2.58 bits per heavy atom. The van der Waals surface area contributed by atoms with Crippen LogP contribution < -0.4 is 10.8 Å². The van der Waals surface area contributed by atoms with E-state index < -0.39 is 5.91 Å². The van der Waals surface area contributed by atoms with Gasteiger partial charge in [-0.15, -0.1) is 0 Å². The molecule has 3 atom stereocenters. The minimum absolute atomic E-state index is 0.267. The minimum Gasteiger partial charge on any atom is -0.343 e. The van der Waals surface area contributed by atoms with E-state index in [4.69, 9.17) is 5.21 Å². The molecule has 2 aromatic carbocycles. The first-order chi connectivity index (χ1) is 15.1. The van der Waals surface area contributed by atoms with Gasteiger partial charge in [0, 0.05) is 37.0 Å². The predicted molar refractivity (Wildman–Crippen MR) is 119 cm³/mol. The lowest BCUT2D eigenvalue weighted by Crippen LogP contribution is -2.42. The second-order valence-electron chi connectivity index (χ2n) is 8.75. The summed E-state index contributed by atoms with van der Waals surface area (Å²) in [6.45, 7) is 2.55. The van der Waals surface area contributed by atoms with E-state index in [1.807, 2.05) is 17.0 Å². The molecule has 2 aliphatic rings. The molecule has 2 aromatic rings. The normalized spacial score (nSPS) is 22.9. The number of hydrogen-bond acceptors (Lipinski definition) is 4. The maximum atomic E-state index is 12.6. The van der Waals surface area contributed by atoms with Crippen LogP contribution in [0.4, 0.5) is 0 Å². The number of amides is 2. The number of carbonyl (C=O) groups excluding carboxylic acids is 2. The molecular weight excluding hydrogens is 390 g/mol. The predicted octanol–water partition coefficient (Wildman–Crippen LogP) is 3.12. The summed E-state index contributed by atoms with van der Waals surface area (Å²) in [4.78, 5) is 25.9. The smallest absolute Gasteiger partial charge is 0.274 e. The number of carbonyl (C=O) groups is 2. The van der Waals surface area contributed by atoms with Crippen molar-refractivity contribution in [1.29, 1.82) is 0 Å². The standard InChI is InChI=1S/C25H31N3O3/c29-24-15-19(17-26-23-16-22(23)20-6-2-1-3-7-20)12-14-28(24)13-4-5-18-8-10-21(11-9-18)25(30)27-31/h1-3,6-11,19,22-23,26,31H,4-5,12-17H2,(H,27,30). The van der Waals surface area contributed by atoms with Crippen LogP contribution in [0.2, 0.25) is 0 Å². The molecular formula is C25H31N3O3. The number of nitrogens with one attached hydrogen (secondary N) is 2. The van der Waals surface area contributed by atoms with E-state index >= 15 is 0 Å². The van der Waals surface area contributed by atoms with E-state index in [-0.39, 0.29) is 5.91 Å². The number of hydrogen-bond donors (Lipinski definition) is 3. The molecule has 2 fully saturated rings. The molecule has 6 nitrogen and oxygen atoms in total. The van der Waals surface area contributed by atoms with E-state index in [1.54, 1.807) is 17.6 Å². The summed E-state index contributed by atoms with van der Waals surface area (Å²) >= 11 is 0. The van der Waals surface area contributed by atoms with Crippen LogP contribution in [0.15, 0.2) is 54.6 Å². The first kappa shape index (κ1) is 21.5. The van der Waals surface area contributed by atoms with Gasteiger partial charge in [-0.2, -0.15) is 0 Å². The van der Waals surface area contributed by atoms with Gasteiger partial charge in [-0.05, 0) is 61.4 Å². The molecule has 1 saturated carbocycles. The number of aryl methyl sites for hydroxylation is 1. The molecule has 0 bridgehead atoms. The van der Waals surface area contributed by atoms with E-state index in [0.717, 1.165) is 44.5 Å². The highest BCUT2D eigenvalue weighted by Crippen LogP contribution is 2.40. The number of rotatable bonds is 9. The summed E-state index contributed by atoms with van der Waals surface area (Å²) in [5.74, 6) is 0.824. The second-order valence-corrected chi connectivity index (χ2v) is 8.75. The lowest BCUT2D eigenvalue weighted by molar-refractivity contribution is -0.135. The quantitative estimate of drug-likeness (QED) is 0.429. The van der Waals surface area contributed by atoms with Gasteiger partial charge in [-0.1, -0.05) is 42.5 Å². The molecule has 1 saturated heterocycles. The first-order valence-electron chi connectivity index (χ1n) is 11.2. The maximum Gasteiger partial charge on any atom is 0.274 e. The van der Waals surface area contributed by atoms with Crippen molar-refractivity contribution in [2.75, 3.05) is 19.6 Å². The molecule has 1 aliphatic heterocycles. The highest BCUT2D eigenvalue weighted by Gasteiger charge is 2.38. The molecule has 3 unspecified atom stereocenters. The van der Waals surface area contributed by atoms with Gasteiger partial charge in [0.05, 0.1) is 0 Å². The average molecular weight is 422 g/mol. The number of benzene rings is 2. The van der Waals surface area contributed by atoms with Crippen LogP contribution in [0, 0.1) is 5.92 Å². The van der Waals surface area contributed by atoms with Crippen molar-refractivity contribution in [2.45, 2.75) is 44.1 Å². The van der Waals surface area contributed by atoms with Crippen molar-refractivity contribution < 1.29 is 14.8 Å². The minimum atomic E-state index is -0.508. The molecule has 1 heterocycles. The Hall–Kier alpha value is -2.70. The highest BCUT2D eigenvalue weighted by molar-refractivity contribution is 5.93. The fourth-order valence-electron chi connectivity index (χ4n) is 4.52. The summed E-state index contributed by atoms with van der Waals surface area (Å²) < 4.78 is 0. The Kier molecular flexibility index (Phi) is 6.99. The molecule has 31 heavy (non-hydrogen) atoms. The molecule has 6 heteroatoms. The van der Waals surface area contributed by atoms with Crippen molar-refractivity contribution in [2.24, 2.45) is 5.92 Å². The van der Waals surface area contributed by atoms with Gasteiger partial charge >= 0.3 is 0 Å². The number of nitrogens with zero attached hydrogens (tertiary/aromatic N) is 1. The third kappa shape index (κ3) is 5.71. The summed E-state index contributed by atoms with van der Waals surface area (Å²) in [6.07, 6.45) is 4.66. The van der Waals surface area contributed by atoms with Gasteiger partial charge in [0.15, 0.2) is 0 Å². The molecule has 0 aromatic heterocycles. The van der Waals surface area contributed by atoms with Crippen LogP contribution in [0.25, 0.3) is 0 Å². The molecule has 0 spiro atoms. The second kappa shape index (κ2) is 10.1. The third-order valence-electron chi connectivity index (χ3n) is 6.52. The highest BCUT2D eigenvalue weighted by atomic mass is 16.5. The van der Waals surface area contributed by atoms with Gasteiger partial charge in [-0.25, -0.2) is 5.48 Å². The van der Waals surface area contributed by atoms with E-state index in [0.29, 0.717) is 29.9 Å². The van der Waals surface area contributed by atoms with Crippen LogP contribution in [-0.2, 0) is 11.2 Å². The summed E-state index contributed by atoms with van der Waals surface area (Å²) in [5.41, 5.74) is 4.60. The monoisotopic (exact) mass is 421 g/mol. The Morgan fingerprint density at radius 2 is 1.87 bits per heavy atom. The Balaban J connectivity index is 1.14. The molecule has 1 aliphatic carbocycles. The number of likely N-dealkylation sites (tertiary alicyclic amines) is 1. The number of piperidine rings is 1. The van der Waals surface area contributed by atoms with Gasteiger partial charge in [0.1, 0.15) is 0 Å². The summed E-state index contributed by atoms with van der Waals surface area (Å²) in [7, 11) is 0. The van der Waals surface area contributed by atoms with Crippen molar-refractivity contribution in [3.63, 3.8) is 0 Å². The van der Waals surface area contributed by atoms with E-state index in [1.165, 1.54) is 12.0 Å². The maximum absolute atomic E-state index is 12.6.